The Labute approximate surface area is 168 Å². The van der Waals surface area contributed by atoms with Gasteiger partial charge in [0.25, 0.3) is 0 Å². The van der Waals surface area contributed by atoms with Crippen molar-refractivity contribution >= 4 is 21.6 Å². The number of rotatable bonds is 5. The molecule has 0 unspecified atom stereocenters. The Morgan fingerprint density at radius 3 is 1.93 bits per heavy atom. The summed E-state index contributed by atoms with van der Waals surface area (Å²) < 4.78 is 26.5. The molecule has 0 aromatic heterocycles. The van der Waals surface area contributed by atoms with Gasteiger partial charge in [0.05, 0.1) is 11.9 Å². The number of nitrogens with one attached hydrogen (secondary N) is 1. The van der Waals surface area contributed by atoms with Crippen molar-refractivity contribution in [2.45, 2.75) is 70.9 Å². The summed E-state index contributed by atoms with van der Waals surface area (Å²) in [5.41, 5.74) is 2.41. The van der Waals surface area contributed by atoms with Crippen molar-refractivity contribution in [3.63, 3.8) is 0 Å². The number of hydrogen-bond donors (Lipinski definition) is 1. The van der Waals surface area contributed by atoms with Gasteiger partial charge in [-0.1, -0.05) is 6.07 Å². The topological polar surface area (TPSA) is 66.5 Å². The van der Waals surface area contributed by atoms with Gasteiger partial charge in [-0.05, 0) is 100 Å². The molecule has 0 saturated heterocycles. The lowest BCUT2D eigenvalue weighted by Gasteiger charge is -2.57. The second-order valence-electron chi connectivity index (χ2n) is 9.77. The summed E-state index contributed by atoms with van der Waals surface area (Å²) in [6.07, 6.45) is 8.27. The standard InChI is InChI=1S/C22H32N2O3S/c1-14-5-15(2)7-20(6-14)24(28(4,26)27)16(3)21(25)23-22-11-17-8-18(12-22)10-19(9-17)13-22/h5-7,16-19H,8-13H2,1-4H3,(H,23,25)/t16-,17?,18?,19?,22?/m1/s1. The summed E-state index contributed by atoms with van der Waals surface area (Å²) in [5, 5.41) is 3.33. The van der Waals surface area contributed by atoms with Gasteiger partial charge in [0.1, 0.15) is 6.04 Å². The van der Waals surface area contributed by atoms with E-state index in [9.17, 15) is 13.2 Å². The third-order valence-corrected chi connectivity index (χ3v) is 8.22. The van der Waals surface area contributed by atoms with Crippen molar-refractivity contribution in [2.75, 3.05) is 10.6 Å². The molecule has 4 aliphatic rings. The molecule has 1 N–H and O–H groups in total. The Hall–Kier alpha value is -1.56. The second-order valence-corrected chi connectivity index (χ2v) is 11.6. The lowest BCUT2D eigenvalue weighted by atomic mass is 9.53. The first-order valence-electron chi connectivity index (χ1n) is 10.4. The Kier molecular flexibility index (Phi) is 4.76. The number of sulfonamides is 1. The van der Waals surface area contributed by atoms with Crippen LogP contribution >= 0.6 is 0 Å². The first-order chi connectivity index (χ1) is 13.0. The van der Waals surface area contributed by atoms with E-state index in [1.54, 1.807) is 6.92 Å². The molecule has 1 aromatic rings. The van der Waals surface area contributed by atoms with E-state index in [2.05, 4.69) is 5.32 Å². The molecule has 0 aliphatic heterocycles. The van der Waals surface area contributed by atoms with Gasteiger partial charge >= 0.3 is 0 Å². The van der Waals surface area contributed by atoms with E-state index in [-0.39, 0.29) is 11.4 Å². The van der Waals surface area contributed by atoms with Gasteiger partial charge in [-0.25, -0.2) is 8.42 Å². The SMILES string of the molecule is Cc1cc(C)cc(N([C@H](C)C(=O)NC23CC4CC(CC(C4)C2)C3)S(C)(=O)=O)c1. The molecular formula is C22H32N2O3S. The molecular weight excluding hydrogens is 372 g/mol. The Morgan fingerprint density at radius 1 is 1.04 bits per heavy atom. The van der Waals surface area contributed by atoms with Crippen molar-refractivity contribution < 1.29 is 13.2 Å². The van der Waals surface area contributed by atoms with Crippen LogP contribution in [-0.4, -0.2) is 32.2 Å². The average molecular weight is 405 g/mol. The molecule has 4 aliphatic carbocycles. The largest absolute Gasteiger partial charge is 0.349 e. The van der Waals surface area contributed by atoms with E-state index in [1.165, 1.54) is 29.8 Å². The van der Waals surface area contributed by atoms with Crippen molar-refractivity contribution in [2.24, 2.45) is 17.8 Å². The molecule has 4 fully saturated rings. The highest BCUT2D eigenvalue weighted by Crippen LogP contribution is 2.55. The van der Waals surface area contributed by atoms with Crippen LogP contribution in [0.4, 0.5) is 5.69 Å². The Morgan fingerprint density at radius 2 is 1.50 bits per heavy atom. The molecule has 0 heterocycles. The predicted molar refractivity (Wildman–Crippen MR) is 112 cm³/mol. The molecule has 4 saturated carbocycles. The summed E-state index contributed by atoms with van der Waals surface area (Å²) in [5.74, 6) is 2.01. The molecule has 1 atom stereocenters. The zero-order valence-electron chi connectivity index (χ0n) is 17.4. The van der Waals surface area contributed by atoms with E-state index in [1.807, 2.05) is 32.0 Å². The highest BCUT2D eigenvalue weighted by atomic mass is 32.2. The smallest absolute Gasteiger partial charge is 0.244 e. The lowest BCUT2D eigenvalue weighted by molar-refractivity contribution is -0.127. The van der Waals surface area contributed by atoms with Crippen molar-refractivity contribution in [3.05, 3.63) is 29.3 Å². The minimum absolute atomic E-state index is 0.119. The number of amides is 1. The molecule has 154 valence electrons. The average Bonchev–Trinajstić information content (AvgIpc) is 2.50. The predicted octanol–water partition coefficient (Wildman–Crippen LogP) is 3.54. The molecule has 28 heavy (non-hydrogen) atoms. The van der Waals surface area contributed by atoms with Crippen LogP contribution in [0.15, 0.2) is 18.2 Å². The third-order valence-electron chi connectivity index (χ3n) is 6.98. The van der Waals surface area contributed by atoms with Gasteiger partial charge in [0.15, 0.2) is 0 Å². The van der Waals surface area contributed by atoms with Crippen molar-refractivity contribution in [1.82, 2.24) is 5.32 Å². The first-order valence-corrected chi connectivity index (χ1v) is 12.3. The van der Waals surface area contributed by atoms with Gasteiger partial charge in [-0.3, -0.25) is 9.10 Å². The van der Waals surface area contributed by atoms with Crippen LogP contribution in [0.3, 0.4) is 0 Å². The molecule has 0 radical (unpaired) electrons. The highest BCUT2D eigenvalue weighted by Gasteiger charge is 2.52. The Bertz CT molecular complexity index is 838. The van der Waals surface area contributed by atoms with E-state index >= 15 is 0 Å². The quantitative estimate of drug-likeness (QED) is 0.816. The zero-order chi connectivity index (χ0) is 20.3. The maximum atomic E-state index is 13.2. The fourth-order valence-electron chi connectivity index (χ4n) is 6.52. The summed E-state index contributed by atoms with van der Waals surface area (Å²) in [6.45, 7) is 5.59. The lowest BCUT2D eigenvalue weighted by Crippen LogP contribution is -2.62. The van der Waals surface area contributed by atoms with Crippen LogP contribution in [-0.2, 0) is 14.8 Å². The van der Waals surface area contributed by atoms with Gasteiger partial charge in [0, 0.05) is 5.54 Å². The minimum atomic E-state index is -3.59. The summed E-state index contributed by atoms with van der Waals surface area (Å²) in [4.78, 5) is 13.2. The van der Waals surface area contributed by atoms with E-state index in [4.69, 9.17) is 0 Å². The molecule has 0 spiro atoms. The van der Waals surface area contributed by atoms with Crippen molar-refractivity contribution in [3.8, 4) is 0 Å². The minimum Gasteiger partial charge on any atom is -0.349 e. The van der Waals surface area contributed by atoms with Gasteiger partial charge in [-0.15, -0.1) is 0 Å². The van der Waals surface area contributed by atoms with Crippen LogP contribution < -0.4 is 9.62 Å². The maximum absolute atomic E-state index is 13.2. The maximum Gasteiger partial charge on any atom is 0.244 e. The molecule has 6 heteroatoms. The zero-order valence-corrected chi connectivity index (χ0v) is 18.2. The van der Waals surface area contributed by atoms with Crippen LogP contribution in [0.25, 0.3) is 0 Å². The Balaban J connectivity index is 1.59. The number of aryl methyl sites for hydroxylation is 2. The van der Waals surface area contributed by atoms with Crippen LogP contribution in [0, 0.1) is 31.6 Å². The van der Waals surface area contributed by atoms with E-state index in [0.717, 1.165) is 48.1 Å². The summed E-state index contributed by atoms with van der Waals surface area (Å²) in [7, 11) is -3.59. The summed E-state index contributed by atoms with van der Waals surface area (Å²) >= 11 is 0. The number of benzene rings is 1. The van der Waals surface area contributed by atoms with Crippen LogP contribution in [0.1, 0.15) is 56.6 Å². The van der Waals surface area contributed by atoms with Crippen molar-refractivity contribution in [1.29, 1.82) is 0 Å². The fraction of sp³-hybridized carbons (Fsp3) is 0.682. The van der Waals surface area contributed by atoms with Crippen LogP contribution in [0.2, 0.25) is 0 Å². The fourth-order valence-corrected chi connectivity index (χ4v) is 7.67. The number of anilines is 1. The monoisotopic (exact) mass is 404 g/mol. The molecule has 4 bridgehead atoms. The van der Waals surface area contributed by atoms with E-state index < -0.39 is 16.1 Å². The highest BCUT2D eigenvalue weighted by molar-refractivity contribution is 7.92. The van der Waals surface area contributed by atoms with E-state index in [0.29, 0.717) is 5.69 Å². The first kappa shape index (κ1) is 19.7. The van der Waals surface area contributed by atoms with Crippen LogP contribution in [0.5, 0.6) is 0 Å². The van der Waals surface area contributed by atoms with Gasteiger partial charge in [-0.2, -0.15) is 0 Å². The third kappa shape index (κ3) is 3.68. The van der Waals surface area contributed by atoms with Gasteiger partial charge < -0.3 is 5.32 Å². The number of hydrogen-bond acceptors (Lipinski definition) is 3. The second kappa shape index (κ2) is 6.75. The molecule has 1 amide bonds. The normalized spacial score (nSPS) is 32.2. The van der Waals surface area contributed by atoms with Gasteiger partial charge in [0.2, 0.25) is 15.9 Å². The molecule has 5 nitrogen and oxygen atoms in total. The molecule has 5 rings (SSSR count). The number of carbonyl (C=O) groups is 1. The summed E-state index contributed by atoms with van der Waals surface area (Å²) in [6, 6.07) is 4.90. The number of carbonyl (C=O) groups excluding carboxylic acids is 1. The molecule has 1 aromatic carbocycles. The number of nitrogens with zero attached hydrogens (tertiary/aromatic N) is 1.